The van der Waals surface area contributed by atoms with Gasteiger partial charge in [-0.05, 0) is 58.0 Å². The van der Waals surface area contributed by atoms with Gasteiger partial charge < -0.3 is 14.0 Å². The number of imidazole rings is 1. The number of carbonyl (C=O) groups excluding carboxylic acids is 1. The van der Waals surface area contributed by atoms with Crippen LogP contribution in [0.15, 0.2) is 52.1 Å². The number of halogens is 4. The highest BCUT2D eigenvalue weighted by atomic mass is 19.4. The second-order valence-corrected chi connectivity index (χ2v) is 10.8. The second kappa shape index (κ2) is 10.9. The normalized spacial score (nSPS) is 17.3. The topological polar surface area (TPSA) is 107 Å². The number of nitrogens with zero attached hydrogens (tertiary/aromatic N) is 7. The summed E-state index contributed by atoms with van der Waals surface area (Å²) in [5.41, 5.74) is -0.205. The molecule has 0 radical (unpaired) electrons. The molecule has 0 bridgehead atoms. The molecule has 2 aliphatic rings. The highest BCUT2D eigenvalue weighted by molar-refractivity contribution is 6.05. The summed E-state index contributed by atoms with van der Waals surface area (Å²) < 4.78 is 67.0. The van der Waals surface area contributed by atoms with E-state index >= 15 is 4.39 Å². The number of carbonyl (C=O) groups is 1. The monoisotopic (exact) mass is 599 g/mol. The molecule has 3 aromatic rings. The van der Waals surface area contributed by atoms with Gasteiger partial charge >= 0.3 is 12.3 Å². The average molecular weight is 600 g/mol. The summed E-state index contributed by atoms with van der Waals surface area (Å²) in [6, 6.07) is 3.94. The first kappa shape index (κ1) is 29.9. The number of amides is 1. The maximum atomic E-state index is 15.3. The molecular weight excluding hydrogens is 570 g/mol. The number of hydrogen-bond acceptors (Lipinski definition) is 7. The molecule has 0 unspecified atom stereocenters. The van der Waals surface area contributed by atoms with Gasteiger partial charge in [-0.15, -0.1) is 0 Å². The van der Waals surface area contributed by atoms with Crippen molar-refractivity contribution in [3.05, 3.63) is 70.4 Å². The van der Waals surface area contributed by atoms with E-state index in [0.717, 1.165) is 29.7 Å². The third-order valence-corrected chi connectivity index (χ3v) is 7.42. The molecule has 0 spiro atoms. The molecule has 1 aliphatic heterocycles. The van der Waals surface area contributed by atoms with Crippen molar-refractivity contribution < 1.29 is 31.8 Å². The van der Waals surface area contributed by atoms with E-state index in [1.54, 1.807) is 20.8 Å². The molecule has 0 saturated heterocycles. The van der Waals surface area contributed by atoms with Crippen LogP contribution in [-0.4, -0.2) is 55.8 Å². The first-order valence-corrected chi connectivity index (χ1v) is 13.3. The number of amidine groups is 1. The number of benzene rings is 1. The van der Waals surface area contributed by atoms with Crippen LogP contribution in [0.5, 0.6) is 5.88 Å². The van der Waals surface area contributed by atoms with Gasteiger partial charge in [0.1, 0.15) is 35.0 Å². The SMILES string of the molecule is C=NC(=NC1=C(C)C(C)(C)OC(=O)N1Cc1ccc(-c2nc(C(F)(F)F)cn2C)c(F)c1)c1c(OC)ncnc1C1CC1. The van der Waals surface area contributed by atoms with E-state index in [9.17, 15) is 18.0 Å². The Balaban J connectivity index is 1.55. The van der Waals surface area contributed by atoms with E-state index in [2.05, 4.69) is 26.7 Å². The summed E-state index contributed by atoms with van der Waals surface area (Å²) in [5.74, 6) is -0.217. The van der Waals surface area contributed by atoms with Gasteiger partial charge in [0, 0.05) is 24.7 Å². The minimum absolute atomic E-state index is 0.129. The number of aryl methyl sites for hydroxylation is 1. The first-order chi connectivity index (χ1) is 20.2. The van der Waals surface area contributed by atoms with Crippen molar-refractivity contribution in [2.75, 3.05) is 7.11 Å². The van der Waals surface area contributed by atoms with E-state index in [0.29, 0.717) is 22.4 Å². The highest BCUT2D eigenvalue weighted by Crippen LogP contribution is 2.43. The minimum Gasteiger partial charge on any atom is -0.480 e. The molecule has 1 saturated carbocycles. The Hall–Kier alpha value is -4.62. The summed E-state index contributed by atoms with van der Waals surface area (Å²) in [6.07, 6.45) is -1.35. The zero-order chi connectivity index (χ0) is 31.3. The van der Waals surface area contributed by atoms with E-state index in [1.165, 1.54) is 37.5 Å². The Bertz CT molecular complexity index is 1670. The van der Waals surface area contributed by atoms with Crippen LogP contribution >= 0.6 is 0 Å². The molecule has 43 heavy (non-hydrogen) atoms. The standard InChI is InChI=1S/C29H29F4N7O3/c1-15-24(38-23(34-4)21-22(17-8-9-17)35-14-36-26(21)42-6)40(27(41)43-28(15,2)3)12-16-7-10-18(19(30)11-16)25-37-20(13-39(25)5)29(31,32)33/h7,10-11,13-14,17H,4,8-9,12H2,1-3,5-6H3. The Morgan fingerprint density at radius 3 is 2.56 bits per heavy atom. The van der Waals surface area contributed by atoms with Crippen LogP contribution in [0.3, 0.4) is 0 Å². The van der Waals surface area contributed by atoms with Crippen molar-refractivity contribution >= 4 is 18.6 Å². The quantitative estimate of drug-likeness (QED) is 0.187. The largest absolute Gasteiger partial charge is 0.480 e. The fourth-order valence-corrected chi connectivity index (χ4v) is 4.75. The summed E-state index contributed by atoms with van der Waals surface area (Å²) >= 11 is 0. The summed E-state index contributed by atoms with van der Waals surface area (Å²) in [7, 11) is 2.81. The maximum absolute atomic E-state index is 15.3. The van der Waals surface area contributed by atoms with E-state index in [4.69, 9.17) is 14.5 Å². The van der Waals surface area contributed by atoms with Crippen molar-refractivity contribution in [3.8, 4) is 17.3 Å². The molecule has 3 heterocycles. The van der Waals surface area contributed by atoms with Gasteiger partial charge in [-0.1, -0.05) is 6.07 Å². The van der Waals surface area contributed by atoms with Crippen LogP contribution in [0.1, 0.15) is 62.0 Å². The fraction of sp³-hybridized carbons (Fsp3) is 0.379. The number of cyclic esters (lactones) is 1. The number of methoxy groups -OCH3 is 1. The molecule has 0 atom stereocenters. The smallest absolute Gasteiger partial charge is 0.434 e. The van der Waals surface area contributed by atoms with Crippen LogP contribution in [0.2, 0.25) is 0 Å². The van der Waals surface area contributed by atoms with Gasteiger partial charge in [0.15, 0.2) is 11.5 Å². The van der Waals surface area contributed by atoms with Gasteiger partial charge in [0.05, 0.1) is 24.9 Å². The predicted molar refractivity (Wildman–Crippen MR) is 149 cm³/mol. The van der Waals surface area contributed by atoms with E-state index in [-0.39, 0.29) is 41.4 Å². The number of aliphatic imine (C=N–C) groups is 2. The lowest BCUT2D eigenvalue weighted by Crippen LogP contribution is -2.44. The highest BCUT2D eigenvalue weighted by Gasteiger charge is 2.40. The number of rotatable bonds is 7. The molecule has 1 aliphatic carbocycles. The average Bonchev–Trinajstić information content (AvgIpc) is 3.71. The molecule has 1 fully saturated rings. The molecule has 10 nitrogen and oxygen atoms in total. The van der Waals surface area contributed by atoms with Gasteiger partial charge in [0.25, 0.3) is 0 Å². The van der Waals surface area contributed by atoms with E-state index < -0.39 is 29.4 Å². The molecular formula is C29H29F4N7O3. The molecule has 0 N–H and O–H groups in total. The molecule has 226 valence electrons. The van der Waals surface area contributed by atoms with Crippen LogP contribution in [0.25, 0.3) is 11.4 Å². The van der Waals surface area contributed by atoms with Gasteiger partial charge in [0.2, 0.25) is 5.88 Å². The lowest BCUT2D eigenvalue weighted by molar-refractivity contribution is -0.140. The molecule has 2 aromatic heterocycles. The number of aromatic nitrogens is 4. The van der Waals surface area contributed by atoms with Crippen LogP contribution in [0, 0.1) is 5.82 Å². The van der Waals surface area contributed by atoms with Crippen molar-refractivity contribution in [3.63, 3.8) is 0 Å². The Morgan fingerprint density at radius 1 is 1.26 bits per heavy atom. The van der Waals surface area contributed by atoms with Crippen molar-refractivity contribution in [2.45, 2.75) is 57.9 Å². The van der Waals surface area contributed by atoms with Crippen molar-refractivity contribution in [2.24, 2.45) is 17.0 Å². The number of hydrogen-bond donors (Lipinski definition) is 0. The summed E-state index contributed by atoms with van der Waals surface area (Å²) in [4.78, 5) is 35.6. The second-order valence-electron chi connectivity index (χ2n) is 10.8. The number of ether oxygens (including phenoxy) is 2. The van der Waals surface area contributed by atoms with Crippen LogP contribution in [-0.2, 0) is 24.5 Å². The first-order valence-electron chi connectivity index (χ1n) is 13.3. The minimum atomic E-state index is -4.68. The molecule has 1 amide bonds. The third-order valence-electron chi connectivity index (χ3n) is 7.42. The molecule has 14 heteroatoms. The third kappa shape index (κ3) is 5.73. The summed E-state index contributed by atoms with van der Waals surface area (Å²) in [6.45, 7) is 8.70. The maximum Gasteiger partial charge on any atom is 0.434 e. The Morgan fingerprint density at radius 2 is 1.98 bits per heavy atom. The van der Waals surface area contributed by atoms with Crippen molar-refractivity contribution in [1.29, 1.82) is 0 Å². The fourth-order valence-electron chi connectivity index (χ4n) is 4.75. The van der Waals surface area contributed by atoms with Gasteiger partial charge in [-0.2, -0.15) is 13.2 Å². The van der Waals surface area contributed by atoms with Gasteiger partial charge in [-0.25, -0.2) is 34.1 Å². The zero-order valence-electron chi connectivity index (χ0n) is 24.2. The van der Waals surface area contributed by atoms with Crippen LogP contribution < -0.4 is 4.74 Å². The summed E-state index contributed by atoms with van der Waals surface area (Å²) in [5, 5.41) is 0. The molecule has 1 aromatic carbocycles. The van der Waals surface area contributed by atoms with Crippen molar-refractivity contribution in [1.82, 2.24) is 24.4 Å². The Labute approximate surface area is 244 Å². The lowest BCUT2D eigenvalue weighted by Gasteiger charge is -2.38. The Kier molecular flexibility index (Phi) is 7.57. The number of alkyl halides is 3. The van der Waals surface area contributed by atoms with Gasteiger partial charge in [-0.3, -0.25) is 4.90 Å². The van der Waals surface area contributed by atoms with E-state index in [1.807, 2.05) is 0 Å². The lowest BCUT2D eigenvalue weighted by atomic mass is 9.97. The van der Waals surface area contributed by atoms with Crippen LogP contribution in [0.4, 0.5) is 22.4 Å². The zero-order valence-corrected chi connectivity index (χ0v) is 24.2. The molecule has 5 rings (SSSR count). The predicted octanol–water partition coefficient (Wildman–Crippen LogP) is 6.03.